The summed E-state index contributed by atoms with van der Waals surface area (Å²) in [6.45, 7) is 3.76. The number of hydrogen-bond donors (Lipinski definition) is 1. The fourth-order valence-corrected chi connectivity index (χ4v) is 3.97. The highest BCUT2D eigenvalue weighted by atomic mass is 32.1. The van der Waals surface area contributed by atoms with Crippen LogP contribution in [0, 0.1) is 0 Å². The highest BCUT2D eigenvalue weighted by Crippen LogP contribution is 2.38. The van der Waals surface area contributed by atoms with Crippen LogP contribution in [0.25, 0.3) is 0 Å². The van der Waals surface area contributed by atoms with Gasteiger partial charge in [-0.2, -0.15) is 0 Å². The van der Waals surface area contributed by atoms with Gasteiger partial charge in [-0.25, -0.2) is 0 Å². The molecule has 1 fully saturated rings. The zero-order valence-corrected chi connectivity index (χ0v) is 15.4. The predicted octanol–water partition coefficient (Wildman–Crippen LogP) is 3.32. The molecule has 0 aromatic carbocycles. The molecule has 2 atom stereocenters. The second-order valence-corrected chi connectivity index (χ2v) is 6.72. The van der Waals surface area contributed by atoms with E-state index in [-0.39, 0.29) is 12.1 Å². The molecule has 0 radical (unpaired) electrons. The summed E-state index contributed by atoms with van der Waals surface area (Å²) in [7, 11) is 0. The molecule has 5 nitrogen and oxygen atoms in total. The maximum absolute atomic E-state index is 5.61. The number of nitrogens with zero attached hydrogens (tertiary/aromatic N) is 4. The molecule has 132 valence electrons. The van der Waals surface area contributed by atoms with Crippen molar-refractivity contribution in [3.63, 3.8) is 0 Å². The monoisotopic (exact) mass is 363 g/mol. The van der Waals surface area contributed by atoms with Crippen LogP contribution in [-0.2, 0) is 6.54 Å². The predicted molar refractivity (Wildman–Crippen MR) is 106 cm³/mol. The van der Waals surface area contributed by atoms with Crippen molar-refractivity contribution in [2.24, 2.45) is 0 Å². The van der Waals surface area contributed by atoms with Crippen LogP contribution in [-0.4, -0.2) is 31.1 Å². The molecule has 1 aliphatic rings. The van der Waals surface area contributed by atoms with Gasteiger partial charge >= 0.3 is 0 Å². The highest BCUT2D eigenvalue weighted by Gasteiger charge is 2.40. The summed E-state index contributed by atoms with van der Waals surface area (Å²) in [5, 5.41) is 4.25. The van der Waals surface area contributed by atoms with Gasteiger partial charge in [0.15, 0.2) is 5.11 Å². The molecule has 4 rings (SSSR count). The lowest BCUT2D eigenvalue weighted by atomic mass is 10.0. The van der Waals surface area contributed by atoms with E-state index in [9.17, 15) is 0 Å². The number of likely N-dealkylation sites (N-methyl/N-ethyl adjacent to an activating group) is 1. The van der Waals surface area contributed by atoms with E-state index in [0.717, 1.165) is 23.9 Å². The molecule has 3 aromatic rings. The first-order valence-electron chi connectivity index (χ1n) is 8.80. The van der Waals surface area contributed by atoms with Crippen molar-refractivity contribution < 1.29 is 0 Å². The lowest BCUT2D eigenvalue weighted by molar-refractivity contribution is 0.316. The summed E-state index contributed by atoms with van der Waals surface area (Å²) in [4.78, 5) is 11.0. The topological polar surface area (TPSA) is 46.0 Å². The molecule has 0 amide bonds. The summed E-state index contributed by atoms with van der Waals surface area (Å²) in [6.07, 6.45) is 7.66. The van der Waals surface area contributed by atoms with E-state index >= 15 is 0 Å². The Hall–Kier alpha value is -2.73. The molecular weight excluding hydrogens is 342 g/mol. The van der Waals surface area contributed by atoms with Crippen molar-refractivity contribution in [1.29, 1.82) is 0 Å². The Balaban J connectivity index is 1.72. The fraction of sp³-hybridized carbons (Fsp3) is 0.250. The smallest absolute Gasteiger partial charge is 0.170 e. The minimum Gasteiger partial charge on any atom is -0.352 e. The van der Waals surface area contributed by atoms with E-state index < -0.39 is 0 Å². The molecule has 6 heteroatoms. The summed E-state index contributed by atoms with van der Waals surface area (Å²) >= 11 is 5.61. The molecule has 26 heavy (non-hydrogen) atoms. The van der Waals surface area contributed by atoms with E-state index in [2.05, 4.69) is 62.1 Å². The average molecular weight is 363 g/mol. The molecule has 1 aliphatic heterocycles. The van der Waals surface area contributed by atoms with Crippen LogP contribution in [0.3, 0.4) is 0 Å². The maximum Gasteiger partial charge on any atom is 0.170 e. The summed E-state index contributed by atoms with van der Waals surface area (Å²) in [5.41, 5.74) is 3.40. The largest absolute Gasteiger partial charge is 0.352 e. The van der Waals surface area contributed by atoms with Crippen LogP contribution < -0.4 is 5.32 Å². The lowest BCUT2D eigenvalue weighted by Crippen LogP contribution is -2.30. The Morgan fingerprint density at radius 2 is 2.04 bits per heavy atom. The molecule has 1 N–H and O–H groups in total. The van der Waals surface area contributed by atoms with Crippen molar-refractivity contribution in [1.82, 2.24) is 24.8 Å². The molecule has 0 unspecified atom stereocenters. The van der Waals surface area contributed by atoms with Crippen molar-refractivity contribution in [3.05, 3.63) is 84.2 Å². The summed E-state index contributed by atoms with van der Waals surface area (Å²) in [6, 6.07) is 14.5. The zero-order valence-electron chi connectivity index (χ0n) is 14.6. The molecule has 0 aliphatic carbocycles. The van der Waals surface area contributed by atoms with Gasteiger partial charge in [0.1, 0.15) is 0 Å². The quantitative estimate of drug-likeness (QED) is 0.705. The number of pyridine rings is 2. The van der Waals surface area contributed by atoms with E-state index in [1.165, 1.54) is 11.3 Å². The first kappa shape index (κ1) is 16.7. The van der Waals surface area contributed by atoms with Crippen molar-refractivity contribution in [2.45, 2.75) is 25.6 Å². The van der Waals surface area contributed by atoms with Gasteiger partial charge in [-0.1, -0.05) is 12.1 Å². The Labute approximate surface area is 158 Å². The van der Waals surface area contributed by atoms with E-state index in [1.54, 1.807) is 6.20 Å². The first-order chi connectivity index (χ1) is 12.8. The number of hydrogen-bond acceptors (Lipinski definition) is 3. The van der Waals surface area contributed by atoms with Gasteiger partial charge in [0.2, 0.25) is 0 Å². The number of rotatable bonds is 5. The number of aromatic nitrogens is 3. The fourth-order valence-electron chi connectivity index (χ4n) is 3.60. The molecule has 1 saturated heterocycles. The maximum atomic E-state index is 5.61. The Kier molecular flexibility index (Phi) is 4.67. The highest BCUT2D eigenvalue weighted by molar-refractivity contribution is 7.80. The van der Waals surface area contributed by atoms with Gasteiger partial charge < -0.3 is 14.8 Å². The van der Waals surface area contributed by atoms with E-state index in [4.69, 9.17) is 12.2 Å². The Morgan fingerprint density at radius 3 is 2.77 bits per heavy atom. The Bertz CT molecular complexity index is 877. The van der Waals surface area contributed by atoms with E-state index in [1.807, 2.05) is 30.6 Å². The van der Waals surface area contributed by atoms with Crippen LogP contribution in [0.15, 0.2) is 67.3 Å². The zero-order chi connectivity index (χ0) is 17.9. The van der Waals surface area contributed by atoms with Crippen LogP contribution in [0.4, 0.5) is 0 Å². The number of thiocarbonyl (C=S) groups is 1. The minimum absolute atomic E-state index is 0.0335. The third-order valence-corrected chi connectivity index (χ3v) is 5.13. The first-order valence-corrected chi connectivity index (χ1v) is 9.20. The van der Waals surface area contributed by atoms with E-state index in [0.29, 0.717) is 0 Å². The molecule has 0 bridgehead atoms. The van der Waals surface area contributed by atoms with Gasteiger partial charge in [-0.05, 0) is 55.0 Å². The van der Waals surface area contributed by atoms with Crippen LogP contribution in [0.2, 0.25) is 0 Å². The minimum atomic E-state index is 0.0335. The van der Waals surface area contributed by atoms with Crippen molar-refractivity contribution in [3.8, 4) is 0 Å². The lowest BCUT2D eigenvalue weighted by Gasteiger charge is -2.28. The van der Waals surface area contributed by atoms with Crippen LogP contribution in [0.1, 0.15) is 36.0 Å². The molecule has 0 spiro atoms. The van der Waals surface area contributed by atoms with Crippen LogP contribution >= 0.6 is 12.2 Å². The summed E-state index contributed by atoms with van der Waals surface area (Å²) in [5.74, 6) is 0. The van der Waals surface area contributed by atoms with Gasteiger partial charge in [0.25, 0.3) is 0 Å². The summed E-state index contributed by atoms with van der Waals surface area (Å²) < 4.78 is 2.27. The van der Waals surface area contributed by atoms with Crippen molar-refractivity contribution in [2.75, 3.05) is 6.54 Å². The normalized spacial score (nSPS) is 19.6. The molecular formula is C20H21N5S. The van der Waals surface area contributed by atoms with Gasteiger partial charge in [-0.3, -0.25) is 9.97 Å². The molecule has 0 saturated carbocycles. The number of nitrogens with one attached hydrogen (secondary N) is 1. The Morgan fingerprint density at radius 1 is 1.12 bits per heavy atom. The SMILES string of the molecule is CCN1C(=S)N[C@H](c2ccccn2)[C@@H]1c1cccn1Cc1cccnc1. The third-order valence-electron chi connectivity index (χ3n) is 4.78. The average Bonchev–Trinajstić information content (AvgIpc) is 3.26. The molecule has 3 aromatic heterocycles. The standard InChI is InChI=1S/C20H21N5S/c1-2-25-19(18(23-20(25)26)16-8-3-4-11-22-16)17-9-6-12-24(17)14-15-7-5-10-21-13-15/h3-13,18-19H,2,14H2,1H3,(H,23,26)/t18-,19+/m1/s1. The second kappa shape index (κ2) is 7.25. The van der Waals surface area contributed by atoms with Crippen molar-refractivity contribution >= 4 is 17.3 Å². The van der Waals surface area contributed by atoms with Gasteiger partial charge in [0, 0.05) is 43.6 Å². The molecule has 4 heterocycles. The van der Waals surface area contributed by atoms with Crippen LogP contribution in [0.5, 0.6) is 0 Å². The third kappa shape index (κ3) is 3.08. The van der Waals surface area contributed by atoms with Gasteiger partial charge in [0.05, 0.1) is 17.8 Å². The van der Waals surface area contributed by atoms with Gasteiger partial charge in [-0.15, -0.1) is 0 Å². The second-order valence-electron chi connectivity index (χ2n) is 6.33.